The number of amides is 6. The van der Waals surface area contributed by atoms with Gasteiger partial charge in [-0.3, -0.25) is 29.4 Å². The predicted octanol–water partition coefficient (Wildman–Crippen LogP) is 0.821. The summed E-state index contributed by atoms with van der Waals surface area (Å²) in [6, 6.07) is 6.66. The fourth-order valence-corrected chi connectivity index (χ4v) is 3.59. The molecule has 0 aromatic heterocycles. The average Bonchev–Trinajstić information content (AvgIpc) is 2.99. The van der Waals surface area contributed by atoms with Gasteiger partial charge in [0.1, 0.15) is 6.04 Å². The highest BCUT2D eigenvalue weighted by molar-refractivity contribution is 6.23. The molecule has 2 heterocycles. The quantitative estimate of drug-likeness (QED) is 0.268. The number of rotatable bonds is 4. The topological polar surface area (TPSA) is 165 Å². The Labute approximate surface area is 181 Å². The molecule has 2 aliphatic rings. The molecule has 1 saturated heterocycles. The Morgan fingerprint density at radius 2 is 1.75 bits per heavy atom. The molecule has 1 unspecified atom stereocenters. The summed E-state index contributed by atoms with van der Waals surface area (Å²) >= 11 is 0. The van der Waals surface area contributed by atoms with Gasteiger partial charge in [0.15, 0.2) is 11.5 Å². The number of hydrogen-bond acceptors (Lipinski definition) is 7. The lowest BCUT2D eigenvalue weighted by molar-refractivity contribution is -0.136. The van der Waals surface area contributed by atoms with Crippen LogP contribution in [0.3, 0.4) is 0 Å². The van der Waals surface area contributed by atoms with E-state index in [-0.39, 0.29) is 47.7 Å². The molecule has 0 spiro atoms. The number of imide groups is 2. The van der Waals surface area contributed by atoms with Gasteiger partial charge in [0, 0.05) is 24.7 Å². The summed E-state index contributed by atoms with van der Waals surface area (Å²) in [6.45, 7) is 0.0308. The molecule has 11 heteroatoms. The molecule has 2 aromatic carbocycles. The van der Waals surface area contributed by atoms with Gasteiger partial charge in [0.2, 0.25) is 11.8 Å². The number of anilines is 1. The van der Waals surface area contributed by atoms with E-state index < -0.39 is 35.7 Å². The van der Waals surface area contributed by atoms with E-state index in [0.717, 1.165) is 4.90 Å². The third kappa shape index (κ3) is 3.83. The van der Waals surface area contributed by atoms with Gasteiger partial charge in [-0.1, -0.05) is 6.07 Å². The number of fused-ring (bicyclic) bond motifs is 1. The van der Waals surface area contributed by atoms with Crippen molar-refractivity contribution in [3.8, 4) is 11.5 Å². The molecule has 6 amide bonds. The van der Waals surface area contributed by atoms with Crippen LogP contribution < -0.4 is 16.0 Å². The first kappa shape index (κ1) is 20.8. The van der Waals surface area contributed by atoms with E-state index in [9.17, 15) is 34.2 Å². The highest BCUT2D eigenvalue weighted by Gasteiger charge is 2.44. The van der Waals surface area contributed by atoms with Crippen LogP contribution in [0, 0.1) is 0 Å². The third-order valence-electron chi connectivity index (χ3n) is 5.19. The number of nitrogens with zero attached hydrogens (tertiary/aromatic N) is 1. The van der Waals surface area contributed by atoms with Crippen molar-refractivity contribution >= 4 is 35.3 Å². The van der Waals surface area contributed by atoms with E-state index in [2.05, 4.69) is 16.0 Å². The van der Waals surface area contributed by atoms with Gasteiger partial charge in [0.05, 0.1) is 11.1 Å². The van der Waals surface area contributed by atoms with Crippen LogP contribution in [0.25, 0.3) is 0 Å². The Balaban J connectivity index is 1.43. The number of nitrogens with one attached hydrogen (secondary N) is 3. The maximum Gasteiger partial charge on any atom is 0.319 e. The third-order valence-corrected chi connectivity index (χ3v) is 5.19. The van der Waals surface area contributed by atoms with Gasteiger partial charge < -0.3 is 20.8 Å². The highest BCUT2D eigenvalue weighted by Crippen LogP contribution is 2.29. The Morgan fingerprint density at radius 1 is 1.00 bits per heavy atom. The summed E-state index contributed by atoms with van der Waals surface area (Å²) in [6.07, 6.45) is 0.102. The number of phenols is 2. The van der Waals surface area contributed by atoms with Gasteiger partial charge in [-0.15, -0.1) is 0 Å². The second-order valence-electron chi connectivity index (χ2n) is 7.34. The van der Waals surface area contributed by atoms with Gasteiger partial charge in [-0.05, 0) is 36.2 Å². The van der Waals surface area contributed by atoms with E-state index in [1.54, 1.807) is 6.07 Å². The zero-order valence-corrected chi connectivity index (χ0v) is 16.5. The Kier molecular flexibility index (Phi) is 5.23. The molecule has 2 aliphatic heterocycles. The van der Waals surface area contributed by atoms with Crippen molar-refractivity contribution in [1.29, 1.82) is 0 Å². The number of carbonyl (C=O) groups excluding carboxylic acids is 5. The molecule has 0 bridgehead atoms. The first-order valence-electron chi connectivity index (χ1n) is 9.66. The first-order chi connectivity index (χ1) is 15.2. The van der Waals surface area contributed by atoms with Gasteiger partial charge in [0.25, 0.3) is 11.8 Å². The van der Waals surface area contributed by atoms with E-state index in [1.807, 2.05) is 0 Å². The molecule has 1 fully saturated rings. The maximum atomic E-state index is 12.8. The highest BCUT2D eigenvalue weighted by atomic mass is 16.3. The molecule has 5 N–H and O–H groups in total. The van der Waals surface area contributed by atoms with Crippen molar-refractivity contribution in [2.24, 2.45) is 0 Å². The van der Waals surface area contributed by atoms with Crippen molar-refractivity contribution in [1.82, 2.24) is 15.5 Å². The van der Waals surface area contributed by atoms with Crippen LogP contribution in [0.5, 0.6) is 11.5 Å². The minimum Gasteiger partial charge on any atom is -0.504 e. The van der Waals surface area contributed by atoms with Gasteiger partial charge in [-0.2, -0.15) is 0 Å². The lowest BCUT2D eigenvalue weighted by atomic mass is 10.0. The van der Waals surface area contributed by atoms with Crippen molar-refractivity contribution in [3.05, 3.63) is 53.1 Å². The zero-order chi connectivity index (χ0) is 23.0. The molecule has 11 nitrogen and oxygen atoms in total. The number of aromatic hydroxyl groups is 2. The molecule has 164 valence electrons. The summed E-state index contributed by atoms with van der Waals surface area (Å²) in [4.78, 5) is 61.9. The molecular formula is C21H18N4O7. The summed E-state index contributed by atoms with van der Waals surface area (Å²) in [5.74, 6) is -3.08. The van der Waals surface area contributed by atoms with E-state index in [1.165, 1.54) is 30.3 Å². The molecular weight excluding hydrogens is 420 g/mol. The summed E-state index contributed by atoms with van der Waals surface area (Å²) in [5.41, 5.74) is 1.06. The van der Waals surface area contributed by atoms with Crippen molar-refractivity contribution < 1.29 is 34.2 Å². The second-order valence-corrected chi connectivity index (χ2v) is 7.34. The SMILES string of the molecule is O=C1CCC(N2C(=O)c3ccc(CNC(=O)Nc4ccc(O)c(O)c4)cc3C2=O)C(=O)N1. The molecule has 0 saturated carbocycles. The van der Waals surface area contributed by atoms with Crippen LogP contribution >= 0.6 is 0 Å². The molecule has 4 rings (SSSR count). The Morgan fingerprint density at radius 3 is 2.47 bits per heavy atom. The molecule has 2 aromatic rings. The molecule has 1 atom stereocenters. The lowest BCUT2D eigenvalue weighted by Gasteiger charge is -2.27. The monoisotopic (exact) mass is 438 g/mol. The van der Waals surface area contributed by atoms with Crippen molar-refractivity contribution in [2.45, 2.75) is 25.4 Å². The van der Waals surface area contributed by atoms with Crippen LogP contribution in [0.4, 0.5) is 10.5 Å². The largest absolute Gasteiger partial charge is 0.504 e. The van der Waals surface area contributed by atoms with Gasteiger partial charge >= 0.3 is 6.03 Å². The molecule has 0 aliphatic carbocycles. The van der Waals surface area contributed by atoms with Gasteiger partial charge in [-0.25, -0.2) is 4.79 Å². The van der Waals surface area contributed by atoms with Crippen LogP contribution in [-0.4, -0.2) is 50.8 Å². The number of hydrogen-bond donors (Lipinski definition) is 5. The zero-order valence-electron chi connectivity index (χ0n) is 16.5. The van der Waals surface area contributed by atoms with Crippen LogP contribution in [0.2, 0.25) is 0 Å². The molecule has 32 heavy (non-hydrogen) atoms. The second kappa shape index (κ2) is 8.02. The summed E-state index contributed by atoms with van der Waals surface area (Å²) in [5, 5.41) is 26.0. The number of phenolic OH excluding ortho intramolecular Hbond substituents is 2. The van der Waals surface area contributed by atoms with Crippen LogP contribution in [0.1, 0.15) is 39.1 Å². The number of carbonyl (C=O) groups is 5. The number of piperidine rings is 1. The first-order valence-corrected chi connectivity index (χ1v) is 9.66. The Hall–Kier alpha value is -4.41. The molecule has 0 radical (unpaired) electrons. The fourth-order valence-electron chi connectivity index (χ4n) is 3.59. The number of benzene rings is 2. The van der Waals surface area contributed by atoms with Crippen LogP contribution in [-0.2, 0) is 16.1 Å². The van der Waals surface area contributed by atoms with E-state index in [0.29, 0.717) is 5.56 Å². The maximum absolute atomic E-state index is 12.8. The smallest absolute Gasteiger partial charge is 0.319 e. The predicted molar refractivity (Wildman–Crippen MR) is 109 cm³/mol. The van der Waals surface area contributed by atoms with Crippen LogP contribution in [0.15, 0.2) is 36.4 Å². The average molecular weight is 438 g/mol. The van der Waals surface area contributed by atoms with E-state index >= 15 is 0 Å². The fraction of sp³-hybridized carbons (Fsp3) is 0.190. The minimum absolute atomic E-state index is 0.0308. The number of urea groups is 1. The summed E-state index contributed by atoms with van der Waals surface area (Å²) < 4.78 is 0. The van der Waals surface area contributed by atoms with E-state index in [4.69, 9.17) is 0 Å². The Bertz CT molecular complexity index is 1180. The summed E-state index contributed by atoms with van der Waals surface area (Å²) in [7, 11) is 0. The standard InChI is InChI=1S/C21H18N4O7/c26-15-5-2-11(8-16(15)27)23-21(32)22-9-10-1-3-12-13(7-10)20(31)25(19(12)30)14-4-6-17(28)24-18(14)29/h1-3,5,7-8,14,26-27H,4,6,9H2,(H2,22,23,32)(H,24,28,29). The van der Waals surface area contributed by atoms with Crippen molar-refractivity contribution in [3.63, 3.8) is 0 Å². The minimum atomic E-state index is -1.05. The van der Waals surface area contributed by atoms with Crippen molar-refractivity contribution in [2.75, 3.05) is 5.32 Å². The lowest BCUT2D eigenvalue weighted by Crippen LogP contribution is -2.54. The normalized spacial score (nSPS) is 17.8.